The summed E-state index contributed by atoms with van der Waals surface area (Å²) in [5.74, 6) is 0.0701. The fourth-order valence-electron chi connectivity index (χ4n) is 5.25. The van der Waals surface area contributed by atoms with Crippen molar-refractivity contribution in [2.75, 3.05) is 24.7 Å². The van der Waals surface area contributed by atoms with Crippen LogP contribution in [0, 0.1) is 0 Å². The predicted molar refractivity (Wildman–Crippen MR) is 154 cm³/mol. The molecule has 0 saturated carbocycles. The van der Waals surface area contributed by atoms with E-state index in [0.717, 1.165) is 0 Å². The zero-order chi connectivity index (χ0) is 30.1. The molecule has 0 aliphatic carbocycles. The second kappa shape index (κ2) is 10.8. The first-order valence-corrected chi connectivity index (χ1v) is 17.9. The van der Waals surface area contributed by atoms with E-state index in [-0.39, 0.29) is 49.0 Å². The van der Waals surface area contributed by atoms with Gasteiger partial charge in [0.2, 0.25) is 5.95 Å². The summed E-state index contributed by atoms with van der Waals surface area (Å²) in [6, 6.07) is 0. The topological polar surface area (TPSA) is 255 Å². The van der Waals surface area contributed by atoms with E-state index in [4.69, 9.17) is 62.6 Å². The zero-order valence-corrected chi connectivity index (χ0v) is 25.2. The fourth-order valence-corrected chi connectivity index (χ4v) is 8.19. The molecule has 3 fully saturated rings. The number of rotatable bonds is 2. The molecule has 19 nitrogen and oxygen atoms in total. The zero-order valence-electron chi connectivity index (χ0n) is 21.8. The van der Waals surface area contributed by atoms with Gasteiger partial charge < -0.3 is 48.8 Å². The number of hydrogen-bond acceptors (Lipinski definition) is 16. The number of hydrogen-bond donors (Lipinski definition) is 5. The minimum atomic E-state index is -3.93. The maximum Gasteiger partial charge on any atom is 0.325 e. The molecule has 2 bridgehead atoms. The van der Waals surface area contributed by atoms with E-state index in [0.29, 0.717) is 11.2 Å². The Labute approximate surface area is 251 Å². The van der Waals surface area contributed by atoms with Crippen molar-refractivity contribution in [2.45, 2.75) is 49.7 Å². The van der Waals surface area contributed by atoms with Crippen LogP contribution >= 0.6 is 13.4 Å². The van der Waals surface area contributed by atoms with Crippen molar-refractivity contribution in [3.05, 3.63) is 29.3 Å². The van der Waals surface area contributed by atoms with Gasteiger partial charge in [0, 0.05) is 12.8 Å². The third kappa shape index (κ3) is 5.60. The number of nitrogens with zero attached hydrogens (tertiary/aromatic N) is 7. The van der Waals surface area contributed by atoms with E-state index < -0.39 is 55.9 Å². The summed E-state index contributed by atoms with van der Waals surface area (Å²) in [4.78, 5) is 57.5. The van der Waals surface area contributed by atoms with Crippen LogP contribution in [0.3, 0.4) is 0 Å². The van der Waals surface area contributed by atoms with Crippen molar-refractivity contribution in [2.24, 2.45) is 0 Å². The summed E-state index contributed by atoms with van der Waals surface area (Å²) < 4.78 is 38.6. The number of anilines is 2. The van der Waals surface area contributed by atoms with Crippen LogP contribution in [0.5, 0.6) is 0 Å². The molecule has 8 atom stereocenters. The number of nitrogens with one attached hydrogen (secondary N) is 1. The molecule has 230 valence electrons. The molecule has 0 radical (unpaired) electrons. The molecule has 0 spiro atoms. The monoisotopic (exact) mass is 674 g/mol. The molecule has 3 saturated heterocycles. The number of nitrogens with two attached hydrogens (primary N) is 2. The first-order valence-electron chi connectivity index (χ1n) is 12.7. The van der Waals surface area contributed by atoms with E-state index in [1.54, 1.807) is 4.57 Å². The highest BCUT2D eigenvalue weighted by Gasteiger charge is 2.46. The lowest BCUT2D eigenvalue weighted by atomic mass is 10.2. The lowest BCUT2D eigenvalue weighted by Crippen LogP contribution is -2.29. The van der Waals surface area contributed by atoms with Gasteiger partial charge in [-0.3, -0.25) is 18.9 Å². The lowest BCUT2D eigenvalue weighted by molar-refractivity contribution is -0.0594. The van der Waals surface area contributed by atoms with Crippen molar-refractivity contribution in [3.63, 3.8) is 0 Å². The minimum Gasteiger partial charge on any atom is -0.382 e. The quantitative estimate of drug-likeness (QED) is 0.175. The molecule has 7 heterocycles. The van der Waals surface area contributed by atoms with Crippen LogP contribution in [0.2, 0.25) is 0 Å². The van der Waals surface area contributed by atoms with Crippen molar-refractivity contribution in [1.29, 1.82) is 0 Å². The summed E-state index contributed by atoms with van der Waals surface area (Å²) in [5, 5.41) is 0. The number of imidazole rings is 2. The number of aromatic amines is 1. The van der Waals surface area contributed by atoms with Gasteiger partial charge in [-0.1, -0.05) is 0 Å². The Kier molecular flexibility index (Phi) is 7.35. The van der Waals surface area contributed by atoms with Crippen LogP contribution in [-0.4, -0.2) is 86.5 Å². The van der Waals surface area contributed by atoms with Gasteiger partial charge in [-0.25, -0.2) is 19.9 Å². The van der Waals surface area contributed by atoms with Gasteiger partial charge in [0.25, 0.3) is 5.56 Å². The first-order chi connectivity index (χ1) is 20.5. The molecule has 43 heavy (non-hydrogen) atoms. The molecule has 2 unspecified atom stereocenters. The third-order valence-corrected chi connectivity index (χ3v) is 10.3. The average molecular weight is 675 g/mol. The van der Waals surface area contributed by atoms with Crippen LogP contribution in [0.4, 0.5) is 11.8 Å². The summed E-state index contributed by atoms with van der Waals surface area (Å²) in [5.41, 5.74) is 12.1. The number of ether oxygens (including phenoxy) is 2. The highest BCUT2D eigenvalue weighted by atomic mass is 32.5. The summed E-state index contributed by atoms with van der Waals surface area (Å²) in [6.07, 6.45) is -0.494. The highest BCUT2D eigenvalue weighted by Crippen LogP contribution is 2.54. The predicted octanol–water partition coefficient (Wildman–Crippen LogP) is -0.0503. The van der Waals surface area contributed by atoms with Crippen molar-refractivity contribution in [3.8, 4) is 0 Å². The van der Waals surface area contributed by atoms with Gasteiger partial charge in [-0.05, 0) is 23.6 Å². The second-order valence-corrected chi connectivity index (χ2v) is 15.5. The van der Waals surface area contributed by atoms with Gasteiger partial charge in [-0.2, -0.15) is 4.98 Å². The molecular formula is C20H24N10O9P2S2. The van der Waals surface area contributed by atoms with E-state index in [1.165, 1.54) is 23.5 Å². The van der Waals surface area contributed by atoms with Crippen LogP contribution in [-0.2, 0) is 51.2 Å². The molecule has 4 aromatic rings. The summed E-state index contributed by atoms with van der Waals surface area (Å²) in [6.45, 7) is -8.24. The van der Waals surface area contributed by atoms with Crippen LogP contribution < -0.4 is 17.0 Å². The Morgan fingerprint density at radius 3 is 2.42 bits per heavy atom. The number of nitrogen functional groups attached to an aromatic ring is 2. The molecule has 0 amide bonds. The lowest BCUT2D eigenvalue weighted by Gasteiger charge is -2.27. The van der Waals surface area contributed by atoms with Crippen LogP contribution in [0.15, 0.2) is 23.8 Å². The van der Waals surface area contributed by atoms with Crippen LogP contribution in [0.1, 0.15) is 25.3 Å². The molecule has 7 N–H and O–H groups in total. The van der Waals surface area contributed by atoms with Crippen LogP contribution in [0.25, 0.3) is 22.3 Å². The van der Waals surface area contributed by atoms with Gasteiger partial charge in [0.15, 0.2) is 28.9 Å². The summed E-state index contributed by atoms with van der Waals surface area (Å²) in [7, 11) is 0. The standard InChI is InChI=1S/C20H24N10O9P2S2/c21-15-13-16(24-5-23-15)29(6-25-13)12-2-9-11(37-12)4-35-41(33,43)39-10-1-8(3-34-40(32,42)38-9)36-19(10)30-7-26-14-17(30)27-20(22)28-18(14)31/h5-12,19H,1-4H2,(H,32,42)(H,33,43)(H2,21,23,24)(H3,22,27,28,31)/t8-,9+,10-,11+,12+,19+,40?,41?/m0/s1. The average Bonchev–Trinajstić information content (AvgIpc) is 3.71. The molecule has 4 aromatic heterocycles. The Hall–Kier alpha value is -2.52. The van der Waals surface area contributed by atoms with E-state index >= 15 is 0 Å². The maximum absolute atomic E-state index is 12.3. The molecule has 0 aromatic carbocycles. The number of fused-ring (bicyclic) bond motifs is 5. The van der Waals surface area contributed by atoms with Crippen molar-refractivity contribution in [1.82, 2.24) is 39.0 Å². The minimum absolute atomic E-state index is 0.0170. The van der Waals surface area contributed by atoms with Gasteiger partial charge in [-0.15, -0.1) is 0 Å². The maximum atomic E-state index is 12.3. The van der Waals surface area contributed by atoms with Gasteiger partial charge >= 0.3 is 13.4 Å². The van der Waals surface area contributed by atoms with E-state index in [1.807, 2.05) is 0 Å². The Balaban J connectivity index is 1.17. The molecule has 3 aliphatic heterocycles. The Bertz CT molecular complexity index is 1870. The fraction of sp³-hybridized carbons (Fsp3) is 0.500. The number of H-pyrrole nitrogens is 1. The molecular weight excluding hydrogens is 650 g/mol. The van der Waals surface area contributed by atoms with Crippen molar-refractivity contribution < 1.29 is 37.4 Å². The first kappa shape index (κ1) is 29.2. The Morgan fingerprint density at radius 1 is 0.884 bits per heavy atom. The van der Waals surface area contributed by atoms with Gasteiger partial charge in [0.1, 0.15) is 30.3 Å². The molecule has 3 aliphatic rings. The second-order valence-electron chi connectivity index (χ2n) is 9.92. The third-order valence-electron chi connectivity index (χ3n) is 7.11. The molecule has 7 rings (SSSR count). The molecule has 23 heteroatoms. The normalized spacial score (nSPS) is 35.4. The largest absolute Gasteiger partial charge is 0.382 e. The smallest absolute Gasteiger partial charge is 0.325 e. The van der Waals surface area contributed by atoms with Crippen molar-refractivity contribution >= 4 is 71.1 Å². The Morgan fingerprint density at radius 2 is 1.60 bits per heavy atom. The highest BCUT2D eigenvalue weighted by molar-refractivity contribution is 8.07. The SMILES string of the molecule is Nc1nc2c(ncn2[C@@H]2O[C@@H]3COP(O)(=S)O[C@@H]4C[C@H](n5cnc6c(N)ncnc65)O[C@@H]4COP(O)(=S)O[C@H]2C3)c(=O)[nH]1. The van der Waals surface area contributed by atoms with Gasteiger partial charge in [0.05, 0.1) is 38.1 Å². The van der Waals surface area contributed by atoms with E-state index in [9.17, 15) is 14.6 Å². The number of aromatic nitrogens is 8. The summed E-state index contributed by atoms with van der Waals surface area (Å²) >= 11 is 10.7. The van der Waals surface area contributed by atoms with E-state index in [2.05, 4.69) is 29.9 Å².